The van der Waals surface area contributed by atoms with E-state index in [0.717, 1.165) is 24.5 Å². The summed E-state index contributed by atoms with van der Waals surface area (Å²) in [6, 6.07) is 7.39. The van der Waals surface area contributed by atoms with Crippen LogP contribution in [0.1, 0.15) is 6.42 Å². The maximum atomic E-state index is 6.39. The standard InChI is InChI=1S/C17H18ClN3O3S/c1-25-17-19-6-4-15(21-17)20-10-2-3-12(11(18)8-10)24-14-9-23-13-5-7-22-16(13)14/h2-4,6,8,13-14,16H,5,7,9H2,1H3,(H,19,20,21)/t13?,14-,16?/m0/s1. The summed E-state index contributed by atoms with van der Waals surface area (Å²) in [5.74, 6) is 1.35. The fourth-order valence-electron chi connectivity index (χ4n) is 3.03. The van der Waals surface area contributed by atoms with Crippen molar-refractivity contribution >= 4 is 34.9 Å². The first kappa shape index (κ1) is 16.9. The molecule has 2 aliphatic rings. The lowest BCUT2D eigenvalue weighted by atomic mass is 10.1. The minimum atomic E-state index is -0.116. The summed E-state index contributed by atoms with van der Waals surface area (Å²) >= 11 is 7.88. The van der Waals surface area contributed by atoms with Gasteiger partial charge in [0, 0.05) is 18.5 Å². The van der Waals surface area contributed by atoms with E-state index in [-0.39, 0.29) is 18.3 Å². The van der Waals surface area contributed by atoms with Gasteiger partial charge in [-0.15, -0.1) is 0 Å². The Morgan fingerprint density at radius 3 is 3.08 bits per heavy atom. The summed E-state index contributed by atoms with van der Waals surface area (Å²) in [6.07, 6.45) is 4.62. The maximum Gasteiger partial charge on any atom is 0.189 e. The molecule has 8 heteroatoms. The van der Waals surface area contributed by atoms with Crippen molar-refractivity contribution in [2.75, 3.05) is 24.8 Å². The molecule has 0 saturated carbocycles. The molecule has 2 unspecified atom stereocenters. The second kappa shape index (κ2) is 7.37. The number of benzene rings is 1. The van der Waals surface area contributed by atoms with Crippen molar-refractivity contribution < 1.29 is 14.2 Å². The summed E-state index contributed by atoms with van der Waals surface area (Å²) < 4.78 is 17.4. The van der Waals surface area contributed by atoms with Gasteiger partial charge in [0.15, 0.2) is 11.3 Å². The molecule has 0 spiro atoms. The Bertz CT molecular complexity index is 764. The first-order valence-electron chi connectivity index (χ1n) is 8.06. The number of fused-ring (bicyclic) bond motifs is 1. The Labute approximate surface area is 155 Å². The molecule has 1 aromatic heterocycles. The molecule has 1 N–H and O–H groups in total. The smallest absolute Gasteiger partial charge is 0.189 e. The van der Waals surface area contributed by atoms with Crippen LogP contribution in [0.15, 0.2) is 35.6 Å². The Hall–Kier alpha value is -1.54. The van der Waals surface area contributed by atoms with Crippen LogP contribution in [0.4, 0.5) is 11.5 Å². The molecule has 132 valence electrons. The van der Waals surface area contributed by atoms with E-state index in [1.807, 2.05) is 30.5 Å². The van der Waals surface area contributed by atoms with Gasteiger partial charge < -0.3 is 19.5 Å². The Kier molecular flexibility index (Phi) is 4.98. The third-order valence-electron chi connectivity index (χ3n) is 4.22. The number of aromatic nitrogens is 2. The topological polar surface area (TPSA) is 65.5 Å². The Balaban J connectivity index is 1.45. The Morgan fingerprint density at radius 2 is 2.24 bits per heavy atom. The van der Waals surface area contributed by atoms with Gasteiger partial charge in [-0.2, -0.15) is 0 Å². The van der Waals surface area contributed by atoms with Gasteiger partial charge in [-0.05, 0) is 36.9 Å². The van der Waals surface area contributed by atoms with Crippen molar-refractivity contribution in [2.24, 2.45) is 0 Å². The van der Waals surface area contributed by atoms with Crippen molar-refractivity contribution in [1.82, 2.24) is 9.97 Å². The third kappa shape index (κ3) is 3.69. The zero-order valence-electron chi connectivity index (χ0n) is 13.6. The van der Waals surface area contributed by atoms with Gasteiger partial charge in [-0.3, -0.25) is 0 Å². The molecule has 0 amide bonds. The fourth-order valence-corrected chi connectivity index (χ4v) is 3.61. The third-order valence-corrected chi connectivity index (χ3v) is 5.08. The first-order chi connectivity index (χ1) is 12.2. The van der Waals surface area contributed by atoms with Gasteiger partial charge in [0.2, 0.25) is 0 Å². The monoisotopic (exact) mass is 379 g/mol. The van der Waals surface area contributed by atoms with E-state index in [4.69, 9.17) is 25.8 Å². The van der Waals surface area contributed by atoms with Crippen LogP contribution < -0.4 is 10.1 Å². The van der Waals surface area contributed by atoms with Crippen LogP contribution in [0.3, 0.4) is 0 Å². The molecule has 25 heavy (non-hydrogen) atoms. The largest absolute Gasteiger partial charge is 0.484 e. The number of nitrogens with one attached hydrogen (secondary N) is 1. The lowest BCUT2D eigenvalue weighted by molar-refractivity contribution is 0.0309. The SMILES string of the molecule is CSc1nccc(Nc2ccc(O[C@H]3COC4CCOC43)c(Cl)c2)n1. The summed E-state index contributed by atoms with van der Waals surface area (Å²) in [5.41, 5.74) is 0.834. The normalized spacial score (nSPS) is 25.0. The zero-order chi connectivity index (χ0) is 17.2. The molecular weight excluding hydrogens is 362 g/mol. The molecule has 2 aliphatic heterocycles. The first-order valence-corrected chi connectivity index (χ1v) is 9.66. The minimum Gasteiger partial charge on any atom is -0.484 e. The number of hydrogen-bond donors (Lipinski definition) is 1. The summed E-state index contributed by atoms with van der Waals surface area (Å²) in [4.78, 5) is 8.55. The predicted octanol–water partition coefficient (Wildman–Crippen LogP) is 3.53. The number of anilines is 2. The van der Waals surface area contributed by atoms with Crippen LogP contribution in [0.2, 0.25) is 5.02 Å². The van der Waals surface area contributed by atoms with Crippen molar-refractivity contribution in [2.45, 2.75) is 29.9 Å². The molecule has 0 bridgehead atoms. The molecule has 4 rings (SSSR count). The van der Waals surface area contributed by atoms with E-state index in [1.54, 1.807) is 6.20 Å². The number of halogens is 1. The molecule has 2 aromatic rings. The highest BCUT2D eigenvalue weighted by Gasteiger charge is 2.43. The van der Waals surface area contributed by atoms with Crippen LogP contribution in [0.25, 0.3) is 0 Å². The van der Waals surface area contributed by atoms with Gasteiger partial charge >= 0.3 is 0 Å². The number of thioether (sulfide) groups is 1. The predicted molar refractivity (Wildman–Crippen MR) is 97.1 cm³/mol. The van der Waals surface area contributed by atoms with Crippen molar-refractivity contribution in [3.8, 4) is 5.75 Å². The zero-order valence-corrected chi connectivity index (χ0v) is 15.2. The highest BCUT2D eigenvalue weighted by atomic mass is 35.5. The summed E-state index contributed by atoms with van der Waals surface area (Å²) in [7, 11) is 0. The molecule has 0 aliphatic carbocycles. The number of ether oxygens (including phenoxy) is 3. The molecule has 2 saturated heterocycles. The molecule has 3 atom stereocenters. The van der Waals surface area contributed by atoms with Gasteiger partial charge in [0.1, 0.15) is 17.7 Å². The number of nitrogens with zero attached hydrogens (tertiary/aromatic N) is 2. The highest BCUT2D eigenvalue weighted by molar-refractivity contribution is 7.98. The second-order valence-corrected chi connectivity index (χ2v) is 7.03. The highest BCUT2D eigenvalue weighted by Crippen LogP contribution is 2.34. The molecular formula is C17H18ClN3O3S. The molecule has 3 heterocycles. The van der Waals surface area contributed by atoms with Crippen LogP contribution in [0.5, 0.6) is 5.75 Å². The van der Waals surface area contributed by atoms with Gasteiger partial charge in [0.25, 0.3) is 0 Å². The van der Waals surface area contributed by atoms with Gasteiger partial charge in [-0.1, -0.05) is 23.4 Å². The number of hydrogen-bond acceptors (Lipinski definition) is 7. The fraction of sp³-hybridized carbons (Fsp3) is 0.412. The second-order valence-electron chi connectivity index (χ2n) is 5.85. The van der Waals surface area contributed by atoms with E-state index >= 15 is 0 Å². The number of rotatable bonds is 5. The average molecular weight is 380 g/mol. The van der Waals surface area contributed by atoms with Crippen molar-refractivity contribution in [3.05, 3.63) is 35.5 Å². The lowest BCUT2D eigenvalue weighted by Crippen LogP contribution is -2.32. The van der Waals surface area contributed by atoms with Crippen molar-refractivity contribution in [3.63, 3.8) is 0 Å². The van der Waals surface area contributed by atoms with E-state index in [1.165, 1.54) is 11.8 Å². The van der Waals surface area contributed by atoms with E-state index in [2.05, 4.69) is 15.3 Å². The summed E-state index contributed by atoms with van der Waals surface area (Å²) in [5, 5.41) is 4.47. The minimum absolute atomic E-state index is 0.000137. The molecule has 6 nitrogen and oxygen atoms in total. The van der Waals surface area contributed by atoms with E-state index in [9.17, 15) is 0 Å². The molecule has 0 radical (unpaired) electrons. The quantitative estimate of drug-likeness (QED) is 0.629. The van der Waals surface area contributed by atoms with Gasteiger partial charge in [-0.25, -0.2) is 9.97 Å². The van der Waals surface area contributed by atoms with Crippen LogP contribution in [-0.4, -0.2) is 47.7 Å². The van der Waals surface area contributed by atoms with Crippen LogP contribution >= 0.6 is 23.4 Å². The summed E-state index contributed by atoms with van der Waals surface area (Å²) in [6.45, 7) is 1.26. The average Bonchev–Trinajstić information content (AvgIpc) is 3.22. The van der Waals surface area contributed by atoms with Crippen LogP contribution in [0, 0.1) is 0 Å². The van der Waals surface area contributed by atoms with Gasteiger partial charge in [0.05, 0.1) is 17.7 Å². The maximum absolute atomic E-state index is 6.39. The molecule has 1 aromatic carbocycles. The molecule has 2 fully saturated rings. The van der Waals surface area contributed by atoms with E-state index in [0.29, 0.717) is 22.5 Å². The van der Waals surface area contributed by atoms with Crippen LogP contribution in [-0.2, 0) is 9.47 Å². The lowest BCUT2D eigenvalue weighted by Gasteiger charge is -2.19. The van der Waals surface area contributed by atoms with E-state index < -0.39 is 0 Å². The van der Waals surface area contributed by atoms with Crippen molar-refractivity contribution in [1.29, 1.82) is 0 Å². The Morgan fingerprint density at radius 1 is 1.32 bits per heavy atom.